The van der Waals surface area contributed by atoms with Crippen LogP contribution in [0.1, 0.15) is 22.0 Å². The zero-order chi connectivity index (χ0) is 18.4. The summed E-state index contributed by atoms with van der Waals surface area (Å²) in [4.78, 5) is 28.3. The molecule has 0 unspecified atom stereocenters. The monoisotopic (exact) mass is 371 g/mol. The van der Waals surface area contributed by atoms with Gasteiger partial charge in [0.25, 0.3) is 5.91 Å². The molecule has 6 heteroatoms. The normalized spacial score (nSPS) is 15.3. The first-order valence-corrected chi connectivity index (χ1v) is 9.68. The molecule has 136 valence electrons. The maximum Gasteiger partial charge on any atom is 0.339 e. The van der Waals surface area contributed by atoms with Crippen LogP contribution in [0.15, 0.2) is 59.5 Å². The molecular formula is C20H21NO4S. The Kier molecular flexibility index (Phi) is 6.30. The Bertz CT molecular complexity index is 742. The van der Waals surface area contributed by atoms with E-state index in [1.165, 1.54) is 0 Å². The van der Waals surface area contributed by atoms with Crippen molar-refractivity contribution in [2.75, 3.05) is 32.6 Å². The number of morpholine rings is 1. The number of benzene rings is 2. The maximum atomic E-state index is 13.0. The fourth-order valence-electron chi connectivity index (χ4n) is 2.74. The van der Waals surface area contributed by atoms with Gasteiger partial charge in [-0.2, -0.15) is 0 Å². The fourth-order valence-corrected chi connectivity index (χ4v) is 3.15. The number of esters is 1. The Balaban J connectivity index is 1.80. The molecule has 2 aromatic rings. The van der Waals surface area contributed by atoms with Crippen molar-refractivity contribution >= 4 is 23.6 Å². The van der Waals surface area contributed by atoms with Crippen LogP contribution in [0.5, 0.6) is 0 Å². The standard InChI is InChI=1S/C20H21NO4S/c1-26-17-9-7-16(8-10-17)20(23)25-18(15-5-3-2-4-6-15)19(22)21-11-13-24-14-12-21/h2-10,18H,11-14H2,1H3/t18-/m0/s1. The molecule has 26 heavy (non-hydrogen) atoms. The Morgan fingerprint density at radius 2 is 1.69 bits per heavy atom. The molecule has 1 fully saturated rings. The van der Waals surface area contributed by atoms with Gasteiger partial charge in [0, 0.05) is 23.5 Å². The van der Waals surface area contributed by atoms with E-state index < -0.39 is 12.1 Å². The Hall–Kier alpha value is -2.31. The fraction of sp³-hybridized carbons (Fsp3) is 0.300. The lowest BCUT2D eigenvalue weighted by Gasteiger charge is -2.30. The summed E-state index contributed by atoms with van der Waals surface area (Å²) in [6.45, 7) is 2.00. The van der Waals surface area contributed by atoms with Crippen LogP contribution in [0, 0.1) is 0 Å². The summed E-state index contributed by atoms with van der Waals surface area (Å²) >= 11 is 1.60. The van der Waals surface area contributed by atoms with Crippen LogP contribution in [0.25, 0.3) is 0 Å². The molecule has 0 radical (unpaired) electrons. The maximum absolute atomic E-state index is 13.0. The van der Waals surface area contributed by atoms with Crippen molar-refractivity contribution in [1.29, 1.82) is 0 Å². The third kappa shape index (κ3) is 4.45. The first-order valence-electron chi connectivity index (χ1n) is 8.45. The zero-order valence-corrected chi connectivity index (χ0v) is 15.4. The number of carbonyl (C=O) groups excluding carboxylic acids is 2. The van der Waals surface area contributed by atoms with Gasteiger partial charge in [0.2, 0.25) is 6.10 Å². The van der Waals surface area contributed by atoms with Crippen LogP contribution in [0.4, 0.5) is 0 Å². The average molecular weight is 371 g/mol. The molecule has 0 aliphatic carbocycles. The molecule has 1 aliphatic rings. The minimum atomic E-state index is -0.956. The summed E-state index contributed by atoms with van der Waals surface area (Å²) < 4.78 is 10.9. The van der Waals surface area contributed by atoms with Gasteiger partial charge >= 0.3 is 5.97 Å². The number of hydrogen-bond acceptors (Lipinski definition) is 5. The minimum Gasteiger partial charge on any atom is -0.444 e. The highest BCUT2D eigenvalue weighted by atomic mass is 32.2. The lowest BCUT2D eigenvalue weighted by molar-refractivity contribution is -0.145. The highest BCUT2D eigenvalue weighted by Gasteiger charge is 2.30. The molecule has 0 bridgehead atoms. The van der Waals surface area contributed by atoms with Crippen LogP contribution < -0.4 is 0 Å². The summed E-state index contributed by atoms with van der Waals surface area (Å²) in [7, 11) is 0. The molecule has 0 spiro atoms. The number of nitrogens with zero attached hydrogens (tertiary/aromatic N) is 1. The number of amides is 1. The van der Waals surface area contributed by atoms with Gasteiger partial charge in [0.15, 0.2) is 0 Å². The van der Waals surface area contributed by atoms with Crippen molar-refractivity contribution in [1.82, 2.24) is 4.90 Å². The number of carbonyl (C=O) groups is 2. The molecule has 1 amide bonds. The Labute approximate surface area is 157 Å². The van der Waals surface area contributed by atoms with Crippen LogP contribution >= 0.6 is 11.8 Å². The molecule has 1 saturated heterocycles. The van der Waals surface area contributed by atoms with Gasteiger partial charge in [-0.1, -0.05) is 30.3 Å². The molecular weight excluding hydrogens is 350 g/mol. The van der Waals surface area contributed by atoms with Crippen LogP contribution in [-0.2, 0) is 14.3 Å². The van der Waals surface area contributed by atoms with Crippen molar-refractivity contribution < 1.29 is 19.1 Å². The highest BCUT2D eigenvalue weighted by Crippen LogP contribution is 2.23. The lowest BCUT2D eigenvalue weighted by Crippen LogP contribution is -2.44. The van der Waals surface area contributed by atoms with E-state index in [1.54, 1.807) is 40.9 Å². The van der Waals surface area contributed by atoms with Gasteiger partial charge in [-0.15, -0.1) is 11.8 Å². The third-order valence-electron chi connectivity index (χ3n) is 4.20. The van der Waals surface area contributed by atoms with Gasteiger partial charge in [0.05, 0.1) is 18.8 Å². The molecule has 0 saturated carbocycles. The Morgan fingerprint density at radius 1 is 1.04 bits per heavy atom. The second-order valence-electron chi connectivity index (χ2n) is 5.86. The molecule has 1 aliphatic heterocycles. The molecule has 5 nitrogen and oxygen atoms in total. The van der Waals surface area contributed by atoms with Crippen molar-refractivity contribution in [2.45, 2.75) is 11.0 Å². The largest absolute Gasteiger partial charge is 0.444 e. The molecule has 2 aromatic carbocycles. The molecule has 1 heterocycles. The van der Waals surface area contributed by atoms with E-state index in [0.29, 0.717) is 37.4 Å². The second-order valence-corrected chi connectivity index (χ2v) is 6.74. The van der Waals surface area contributed by atoms with Crippen molar-refractivity contribution in [3.05, 3.63) is 65.7 Å². The van der Waals surface area contributed by atoms with E-state index in [0.717, 1.165) is 4.90 Å². The summed E-state index contributed by atoms with van der Waals surface area (Å²) in [6.07, 6.45) is 1.02. The van der Waals surface area contributed by atoms with E-state index >= 15 is 0 Å². The van der Waals surface area contributed by atoms with Gasteiger partial charge < -0.3 is 14.4 Å². The highest BCUT2D eigenvalue weighted by molar-refractivity contribution is 7.98. The number of thioether (sulfide) groups is 1. The number of hydrogen-bond donors (Lipinski definition) is 0. The first kappa shape index (κ1) is 18.5. The SMILES string of the molecule is CSc1ccc(C(=O)O[C@H](C(=O)N2CCOCC2)c2ccccc2)cc1. The van der Waals surface area contributed by atoms with E-state index in [-0.39, 0.29) is 5.91 Å². The summed E-state index contributed by atoms with van der Waals surface area (Å²) in [5.74, 6) is -0.721. The van der Waals surface area contributed by atoms with E-state index in [9.17, 15) is 9.59 Å². The Morgan fingerprint density at radius 3 is 2.31 bits per heavy atom. The quantitative estimate of drug-likeness (QED) is 0.597. The minimum absolute atomic E-state index is 0.214. The second kappa shape index (κ2) is 8.87. The van der Waals surface area contributed by atoms with Crippen molar-refractivity contribution in [2.24, 2.45) is 0 Å². The first-order chi connectivity index (χ1) is 12.7. The summed E-state index contributed by atoms with van der Waals surface area (Å²) in [5.41, 5.74) is 1.09. The van der Waals surface area contributed by atoms with E-state index in [4.69, 9.17) is 9.47 Å². The third-order valence-corrected chi connectivity index (χ3v) is 4.94. The van der Waals surface area contributed by atoms with E-state index in [1.807, 2.05) is 36.6 Å². The number of ether oxygens (including phenoxy) is 2. The van der Waals surface area contributed by atoms with Crippen LogP contribution in [-0.4, -0.2) is 49.3 Å². The summed E-state index contributed by atoms with van der Waals surface area (Å²) in [6, 6.07) is 16.3. The van der Waals surface area contributed by atoms with Gasteiger partial charge in [-0.05, 0) is 30.5 Å². The van der Waals surface area contributed by atoms with E-state index in [2.05, 4.69) is 0 Å². The lowest BCUT2D eigenvalue weighted by atomic mass is 10.1. The molecule has 0 aromatic heterocycles. The van der Waals surface area contributed by atoms with Crippen molar-refractivity contribution in [3.8, 4) is 0 Å². The topological polar surface area (TPSA) is 55.8 Å². The predicted octanol–water partition coefficient (Wildman–Crippen LogP) is 3.17. The summed E-state index contributed by atoms with van der Waals surface area (Å²) in [5, 5.41) is 0. The molecule has 3 rings (SSSR count). The number of rotatable bonds is 5. The van der Waals surface area contributed by atoms with Crippen LogP contribution in [0.3, 0.4) is 0 Å². The van der Waals surface area contributed by atoms with Gasteiger partial charge in [-0.3, -0.25) is 4.79 Å². The molecule has 1 atom stereocenters. The van der Waals surface area contributed by atoms with Gasteiger partial charge in [-0.25, -0.2) is 4.79 Å². The smallest absolute Gasteiger partial charge is 0.339 e. The van der Waals surface area contributed by atoms with Crippen LogP contribution in [0.2, 0.25) is 0 Å². The van der Waals surface area contributed by atoms with Gasteiger partial charge in [0.1, 0.15) is 0 Å². The average Bonchev–Trinajstić information content (AvgIpc) is 2.72. The zero-order valence-electron chi connectivity index (χ0n) is 14.6. The predicted molar refractivity (Wildman–Crippen MR) is 100 cm³/mol. The van der Waals surface area contributed by atoms with Crippen molar-refractivity contribution in [3.63, 3.8) is 0 Å². The molecule has 0 N–H and O–H groups in total.